The van der Waals surface area contributed by atoms with Gasteiger partial charge in [-0.1, -0.05) is 11.6 Å². The molecule has 6 nitrogen and oxygen atoms in total. The molecule has 0 saturated carbocycles. The number of aryl methyl sites for hydroxylation is 2. The van der Waals surface area contributed by atoms with Crippen LogP contribution in [0, 0.1) is 6.92 Å². The molecule has 0 N–H and O–H groups in total. The Morgan fingerprint density at radius 1 is 1.13 bits per heavy atom. The van der Waals surface area contributed by atoms with Crippen molar-refractivity contribution in [3.8, 4) is 21.1 Å². The van der Waals surface area contributed by atoms with E-state index in [-0.39, 0.29) is 0 Å². The fourth-order valence-electron chi connectivity index (χ4n) is 2.42. The molecule has 0 amide bonds. The Balaban J connectivity index is 1.85. The van der Waals surface area contributed by atoms with E-state index in [2.05, 4.69) is 25.0 Å². The van der Waals surface area contributed by atoms with Crippen molar-refractivity contribution in [1.82, 2.24) is 29.7 Å². The van der Waals surface area contributed by atoms with Crippen LogP contribution < -0.4 is 0 Å². The second-order valence-corrected chi connectivity index (χ2v) is 6.40. The van der Waals surface area contributed by atoms with Crippen LogP contribution in [0.25, 0.3) is 32.2 Å². The molecular formula is C15H11ClN6S. The summed E-state index contributed by atoms with van der Waals surface area (Å²) in [6, 6.07) is 3.96. The average Bonchev–Trinajstić information content (AvgIpc) is 3.09. The Morgan fingerprint density at radius 2 is 1.91 bits per heavy atom. The van der Waals surface area contributed by atoms with E-state index in [0.29, 0.717) is 5.15 Å². The van der Waals surface area contributed by atoms with Crippen LogP contribution in [0.4, 0.5) is 0 Å². The molecule has 114 valence electrons. The molecule has 0 saturated heterocycles. The lowest BCUT2D eigenvalue weighted by molar-refractivity contribution is 0.774. The third kappa shape index (κ3) is 2.38. The van der Waals surface area contributed by atoms with Crippen LogP contribution in [0.1, 0.15) is 5.69 Å². The van der Waals surface area contributed by atoms with Crippen molar-refractivity contribution in [3.05, 3.63) is 41.7 Å². The van der Waals surface area contributed by atoms with Crippen LogP contribution in [0.3, 0.4) is 0 Å². The molecule has 0 unspecified atom stereocenters. The molecule has 0 aliphatic carbocycles. The summed E-state index contributed by atoms with van der Waals surface area (Å²) in [5.74, 6) is 0. The van der Waals surface area contributed by atoms with Crippen LogP contribution in [0.5, 0.6) is 0 Å². The number of halogens is 1. The number of hydrogen-bond acceptors (Lipinski definition) is 6. The van der Waals surface area contributed by atoms with E-state index in [9.17, 15) is 0 Å². The maximum absolute atomic E-state index is 6.32. The summed E-state index contributed by atoms with van der Waals surface area (Å²) < 4.78 is 1.77. The fourth-order valence-corrected chi connectivity index (χ4v) is 3.67. The second-order valence-electron chi connectivity index (χ2n) is 5.04. The summed E-state index contributed by atoms with van der Waals surface area (Å²) in [7, 11) is 1.88. The van der Waals surface area contributed by atoms with E-state index in [1.807, 2.05) is 26.1 Å². The van der Waals surface area contributed by atoms with Gasteiger partial charge in [0, 0.05) is 30.4 Å². The average molecular weight is 343 g/mol. The van der Waals surface area contributed by atoms with E-state index in [4.69, 9.17) is 11.6 Å². The predicted octanol–water partition coefficient (Wildman–Crippen LogP) is 3.51. The smallest absolute Gasteiger partial charge is 0.158 e. The van der Waals surface area contributed by atoms with Crippen molar-refractivity contribution in [2.75, 3.05) is 0 Å². The molecule has 8 heteroatoms. The topological polar surface area (TPSA) is 69.4 Å². The third-order valence-corrected chi connectivity index (χ3v) is 5.01. The molecule has 0 radical (unpaired) electrons. The third-order valence-electron chi connectivity index (χ3n) is 3.50. The molecule has 4 heterocycles. The van der Waals surface area contributed by atoms with E-state index < -0.39 is 0 Å². The lowest BCUT2D eigenvalue weighted by Gasteiger charge is -1.99. The maximum Gasteiger partial charge on any atom is 0.158 e. The molecule has 0 aromatic carbocycles. The summed E-state index contributed by atoms with van der Waals surface area (Å²) in [6.07, 6.45) is 4.92. The summed E-state index contributed by atoms with van der Waals surface area (Å²) in [4.78, 5) is 17.9. The van der Waals surface area contributed by atoms with Crippen molar-refractivity contribution in [2.24, 2.45) is 7.05 Å². The molecule has 4 aromatic heterocycles. The highest BCUT2D eigenvalue weighted by Gasteiger charge is 2.16. The molecule has 0 aliphatic heterocycles. The Kier molecular flexibility index (Phi) is 3.32. The highest BCUT2D eigenvalue weighted by molar-refractivity contribution is 7.19. The first-order valence-electron chi connectivity index (χ1n) is 6.86. The Hall–Kier alpha value is -2.38. The van der Waals surface area contributed by atoms with Gasteiger partial charge < -0.3 is 0 Å². The van der Waals surface area contributed by atoms with Gasteiger partial charge in [-0.2, -0.15) is 5.10 Å². The molecule has 0 aliphatic rings. The van der Waals surface area contributed by atoms with Crippen molar-refractivity contribution in [2.45, 2.75) is 6.92 Å². The van der Waals surface area contributed by atoms with Gasteiger partial charge >= 0.3 is 0 Å². The van der Waals surface area contributed by atoms with Gasteiger partial charge in [0.2, 0.25) is 0 Å². The first-order valence-corrected chi connectivity index (χ1v) is 8.05. The number of pyridine rings is 1. The minimum atomic E-state index is 0.430. The number of thiazole rings is 1. The van der Waals surface area contributed by atoms with Crippen molar-refractivity contribution < 1.29 is 0 Å². The largest absolute Gasteiger partial charge is 0.250 e. The van der Waals surface area contributed by atoms with Crippen molar-refractivity contribution in [1.29, 1.82) is 0 Å². The van der Waals surface area contributed by atoms with Gasteiger partial charge in [0.15, 0.2) is 5.65 Å². The van der Waals surface area contributed by atoms with Crippen LogP contribution in [0.2, 0.25) is 5.15 Å². The Bertz CT molecular complexity index is 1010. The van der Waals surface area contributed by atoms with Crippen molar-refractivity contribution >= 4 is 34.0 Å². The van der Waals surface area contributed by atoms with E-state index >= 15 is 0 Å². The quantitative estimate of drug-likeness (QED) is 0.557. The number of nitrogens with zero attached hydrogens (tertiary/aromatic N) is 6. The van der Waals surface area contributed by atoms with Gasteiger partial charge in [-0.05, 0) is 19.1 Å². The van der Waals surface area contributed by atoms with Crippen LogP contribution in [-0.4, -0.2) is 29.7 Å². The predicted molar refractivity (Wildman–Crippen MR) is 90.4 cm³/mol. The first kappa shape index (κ1) is 14.2. The SMILES string of the molecule is Cc1nn(C)c2nc(-c3sc(-c4cncnc4)nc3Cl)ccc12. The summed E-state index contributed by atoms with van der Waals surface area (Å²) in [5.41, 5.74) is 3.40. The minimum Gasteiger partial charge on any atom is -0.250 e. The molecule has 0 atom stereocenters. The zero-order chi connectivity index (χ0) is 16.0. The Labute approximate surface area is 140 Å². The normalized spacial score (nSPS) is 11.3. The Morgan fingerprint density at radius 3 is 2.70 bits per heavy atom. The molecule has 23 heavy (non-hydrogen) atoms. The number of fused-ring (bicyclic) bond motifs is 1. The zero-order valence-corrected chi connectivity index (χ0v) is 13.9. The summed E-state index contributed by atoms with van der Waals surface area (Å²) >= 11 is 7.79. The molecule has 4 rings (SSSR count). The number of hydrogen-bond donors (Lipinski definition) is 0. The van der Waals surface area contributed by atoms with Gasteiger partial charge in [0.1, 0.15) is 16.5 Å². The fraction of sp³-hybridized carbons (Fsp3) is 0.133. The second kappa shape index (κ2) is 5.36. The van der Waals surface area contributed by atoms with E-state index in [1.54, 1.807) is 17.1 Å². The number of aromatic nitrogens is 6. The molecule has 4 aromatic rings. The molecule has 0 fully saturated rings. The summed E-state index contributed by atoms with van der Waals surface area (Å²) in [5, 5.41) is 6.63. The van der Waals surface area contributed by atoms with E-state index in [0.717, 1.165) is 37.9 Å². The lowest BCUT2D eigenvalue weighted by atomic mass is 10.2. The summed E-state index contributed by atoms with van der Waals surface area (Å²) in [6.45, 7) is 1.97. The lowest BCUT2D eigenvalue weighted by Crippen LogP contribution is -1.92. The van der Waals surface area contributed by atoms with Gasteiger partial charge in [0.05, 0.1) is 16.3 Å². The maximum atomic E-state index is 6.32. The van der Waals surface area contributed by atoms with Crippen molar-refractivity contribution in [3.63, 3.8) is 0 Å². The highest BCUT2D eigenvalue weighted by atomic mass is 35.5. The van der Waals surface area contributed by atoms with Gasteiger partial charge in [-0.25, -0.2) is 19.9 Å². The minimum absolute atomic E-state index is 0.430. The van der Waals surface area contributed by atoms with Crippen LogP contribution >= 0.6 is 22.9 Å². The molecule has 0 spiro atoms. The van der Waals surface area contributed by atoms with Gasteiger partial charge in [0.25, 0.3) is 0 Å². The first-order chi connectivity index (χ1) is 11.1. The van der Waals surface area contributed by atoms with Gasteiger partial charge in [-0.3, -0.25) is 4.68 Å². The van der Waals surface area contributed by atoms with Gasteiger partial charge in [-0.15, -0.1) is 11.3 Å². The molecule has 0 bridgehead atoms. The zero-order valence-electron chi connectivity index (χ0n) is 12.4. The van der Waals surface area contributed by atoms with Crippen LogP contribution in [-0.2, 0) is 7.05 Å². The number of rotatable bonds is 2. The standard InChI is InChI=1S/C15H11ClN6S/c1-8-10-3-4-11(19-14(10)22(2)21-8)12-13(16)20-15(23-12)9-5-17-7-18-6-9/h3-7H,1-2H3. The highest BCUT2D eigenvalue weighted by Crippen LogP contribution is 2.37. The monoisotopic (exact) mass is 342 g/mol. The van der Waals surface area contributed by atoms with Crippen LogP contribution in [0.15, 0.2) is 30.9 Å². The molecular weight excluding hydrogens is 332 g/mol. The van der Waals surface area contributed by atoms with E-state index in [1.165, 1.54) is 17.7 Å².